The first kappa shape index (κ1) is 19.9. The van der Waals surface area contributed by atoms with E-state index in [-0.39, 0.29) is 11.9 Å². The quantitative estimate of drug-likeness (QED) is 0.374. The van der Waals surface area contributed by atoms with Crippen LogP contribution < -0.4 is 10.2 Å². The van der Waals surface area contributed by atoms with E-state index in [2.05, 4.69) is 10.5 Å². The van der Waals surface area contributed by atoms with Crippen molar-refractivity contribution in [3.05, 3.63) is 77.6 Å². The molecule has 0 aliphatic rings. The van der Waals surface area contributed by atoms with Gasteiger partial charge in [0.1, 0.15) is 17.3 Å². The summed E-state index contributed by atoms with van der Waals surface area (Å²) >= 11 is 0. The number of hydrogen-bond donors (Lipinski definition) is 1. The van der Waals surface area contributed by atoms with Gasteiger partial charge in [-0.3, -0.25) is 4.79 Å². The highest BCUT2D eigenvalue weighted by Crippen LogP contribution is 2.22. The van der Waals surface area contributed by atoms with E-state index in [1.165, 1.54) is 13.3 Å². The Morgan fingerprint density at radius 1 is 1.07 bits per heavy atom. The molecule has 148 valence electrons. The normalized spacial score (nSPS) is 10.7. The number of nitrogens with zero attached hydrogens (tertiary/aromatic N) is 1. The number of para-hydroxylation sites is 1. The minimum atomic E-state index is -0.389. The van der Waals surface area contributed by atoms with Crippen LogP contribution >= 0.6 is 0 Å². The Hall–Kier alpha value is -3.87. The number of benzene rings is 2. The lowest BCUT2D eigenvalue weighted by Crippen LogP contribution is -2.18. The summed E-state index contributed by atoms with van der Waals surface area (Å²) < 4.78 is 15.8. The van der Waals surface area contributed by atoms with Gasteiger partial charge in [-0.25, -0.2) is 10.2 Å². The lowest BCUT2D eigenvalue weighted by atomic mass is 10.1. The van der Waals surface area contributed by atoms with E-state index in [4.69, 9.17) is 13.9 Å². The molecule has 0 aliphatic carbocycles. The Labute approximate surface area is 167 Å². The van der Waals surface area contributed by atoms with Crippen LogP contribution in [0.25, 0.3) is 11.3 Å². The van der Waals surface area contributed by atoms with Crippen LogP contribution in [0.4, 0.5) is 0 Å². The molecule has 0 fully saturated rings. The molecule has 7 nitrogen and oxygen atoms in total. The van der Waals surface area contributed by atoms with Crippen LogP contribution in [0.3, 0.4) is 0 Å². The van der Waals surface area contributed by atoms with Gasteiger partial charge in [-0.1, -0.05) is 24.3 Å². The van der Waals surface area contributed by atoms with Crippen molar-refractivity contribution in [3.8, 4) is 17.1 Å². The first-order valence-corrected chi connectivity index (χ1v) is 8.96. The van der Waals surface area contributed by atoms with Gasteiger partial charge in [0.25, 0.3) is 5.91 Å². The second-order valence-corrected chi connectivity index (χ2v) is 5.90. The molecule has 0 unspecified atom stereocenters. The van der Waals surface area contributed by atoms with Crippen molar-refractivity contribution in [2.45, 2.75) is 6.92 Å². The number of carbonyl (C=O) groups is 2. The molecule has 1 amide bonds. The number of hydrazone groups is 1. The third-order valence-electron chi connectivity index (χ3n) is 4.02. The fraction of sp³-hybridized carbons (Fsp3) is 0.136. The maximum Gasteiger partial charge on any atom is 0.338 e. The zero-order chi connectivity index (χ0) is 20.6. The maximum absolute atomic E-state index is 12.2. The minimum absolute atomic E-state index is 0.328. The van der Waals surface area contributed by atoms with Crippen LogP contribution in [0, 0.1) is 0 Å². The van der Waals surface area contributed by atoms with Crippen molar-refractivity contribution in [2.24, 2.45) is 5.10 Å². The number of furan rings is 1. The van der Waals surface area contributed by atoms with Gasteiger partial charge < -0.3 is 13.9 Å². The fourth-order valence-electron chi connectivity index (χ4n) is 2.61. The van der Waals surface area contributed by atoms with Crippen LogP contribution in [-0.4, -0.2) is 31.8 Å². The van der Waals surface area contributed by atoms with Crippen LogP contribution in [-0.2, 0) is 4.74 Å². The smallest absolute Gasteiger partial charge is 0.338 e. The monoisotopic (exact) mass is 392 g/mol. The molecule has 0 saturated heterocycles. The third kappa shape index (κ3) is 4.90. The van der Waals surface area contributed by atoms with E-state index < -0.39 is 0 Å². The van der Waals surface area contributed by atoms with E-state index in [0.29, 0.717) is 35.0 Å². The Kier molecular flexibility index (Phi) is 6.42. The second-order valence-electron chi connectivity index (χ2n) is 5.90. The number of nitrogens with one attached hydrogen (secondary N) is 1. The highest BCUT2D eigenvalue weighted by Gasteiger charge is 2.11. The molecule has 1 heterocycles. The van der Waals surface area contributed by atoms with Crippen molar-refractivity contribution < 1.29 is 23.5 Å². The highest BCUT2D eigenvalue weighted by molar-refractivity contribution is 5.97. The molecule has 3 rings (SSSR count). The number of rotatable bonds is 7. The van der Waals surface area contributed by atoms with E-state index in [9.17, 15) is 9.59 Å². The fourth-order valence-corrected chi connectivity index (χ4v) is 2.61. The summed E-state index contributed by atoms with van der Waals surface area (Å²) in [6.07, 6.45) is 1.41. The van der Waals surface area contributed by atoms with Crippen molar-refractivity contribution >= 4 is 18.1 Å². The van der Waals surface area contributed by atoms with Gasteiger partial charge in [-0.05, 0) is 43.3 Å². The van der Waals surface area contributed by atoms with Gasteiger partial charge in [0.2, 0.25) is 0 Å². The Morgan fingerprint density at radius 3 is 2.55 bits per heavy atom. The molecule has 1 N–H and O–H groups in total. The summed E-state index contributed by atoms with van der Waals surface area (Å²) in [4.78, 5) is 23.9. The summed E-state index contributed by atoms with van der Waals surface area (Å²) in [6.45, 7) is 2.09. The SMILES string of the molecule is CCOC(=O)c1ccc(-c2ccc(C=NNC(=O)c3ccccc3OC)o2)cc1. The average molecular weight is 392 g/mol. The Balaban J connectivity index is 1.64. The van der Waals surface area contributed by atoms with Crippen molar-refractivity contribution in [1.29, 1.82) is 0 Å². The van der Waals surface area contributed by atoms with Crippen molar-refractivity contribution in [1.82, 2.24) is 5.43 Å². The number of hydrogen-bond acceptors (Lipinski definition) is 6. The first-order valence-electron chi connectivity index (χ1n) is 8.96. The molecule has 0 spiro atoms. The summed E-state index contributed by atoms with van der Waals surface area (Å²) in [5.74, 6) is 0.789. The van der Waals surface area contributed by atoms with E-state index >= 15 is 0 Å². The summed E-state index contributed by atoms with van der Waals surface area (Å²) in [5, 5.41) is 3.92. The number of carbonyl (C=O) groups excluding carboxylic acids is 2. The molecule has 29 heavy (non-hydrogen) atoms. The molecular formula is C22H20N2O5. The first-order chi connectivity index (χ1) is 14.1. The predicted octanol–water partition coefficient (Wildman–Crippen LogP) is 3.90. The van der Waals surface area contributed by atoms with Gasteiger partial charge in [0.05, 0.1) is 31.1 Å². The summed E-state index contributed by atoms with van der Waals surface area (Å²) in [6, 6.07) is 17.3. The zero-order valence-corrected chi connectivity index (χ0v) is 16.0. The number of methoxy groups -OCH3 is 1. The number of amides is 1. The highest BCUT2D eigenvalue weighted by atomic mass is 16.5. The van der Waals surface area contributed by atoms with Gasteiger partial charge in [-0.15, -0.1) is 0 Å². The van der Waals surface area contributed by atoms with Crippen LogP contribution in [0.1, 0.15) is 33.4 Å². The van der Waals surface area contributed by atoms with Crippen LogP contribution in [0.5, 0.6) is 5.75 Å². The van der Waals surface area contributed by atoms with Gasteiger partial charge >= 0.3 is 5.97 Å². The molecule has 7 heteroatoms. The lowest BCUT2D eigenvalue weighted by molar-refractivity contribution is 0.0526. The maximum atomic E-state index is 12.2. The van der Waals surface area contributed by atoms with Crippen LogP contribution in [0.15, 0.2) is 70.2 Å². The lowest BCUT2D eigenvalue weighted by Gasteiger charge is -2.05. The van der Waals surface area contributed by atoms with Gasteiger partial charge in [0.15, 0.2) is 0 Å². The predicted molar refractivity (Wildman–Crippen MR) is 108 cm³/mol. The second kappa shape index (κ2) is 9.36. The molecular weight excluding hydrogens is 372 g/mol. The number of ether oxygens (including phenoxy) is 2. The zero-order valence-electron chi connectivity index (χ0n) is 16.0. The minimum Gasteiger partial charge on any atom is -0.496 e. The van der Waals surface area contributed by atoms with E-state index in [1.807, 2.05) is 0 Å². The van der Waals surface area contributed by atoms with Gasteiger partial charge in [-0.2, -0.15) is 5.10 Å². The summed E-state index contributed by atoms with van der Waals surface area (Å²) in [5.41, 5.74) is 4.10. The largest absolute Gasteiger partial charge is 0.496 e. The molecule has 3 aromatic rings. The van der Waals surface area contributed by atoms with Gasteiger partial charge in [0, 0.05) is 5.56 Å². The van der Waals surface area contributed by atoms with E-state index in [1.54, 1.807) is 67.6 Å². The van der Waals surface area contributed by atoms with E-state index in [0.717, 1.165) is 5.56 Å². The molecule has 0 radical (unpaired) electrons. The molecule has 0 saturated carbocycles. The molecule has 1 aromatic heterocycles. The van der Waals surface area contributed by atoms with Crippen LogP contribution in [0.2, 0.25) is 0 Å². The average Bonchev–Trinajstić information content (AvgIpc) is 3.23. The molecule has 0 atom stereocenters. The molecule has 0 aliphatic heterocycles. The number of esters is 1. The third-order valence-corrected chi connectivity index (χ3v) is 4.02. The molecule has 2 aromatic carbocycles. The Bertz CT molecular complexity index is 1020. The topological polar surface area (TPSA) is 90.1 Å². The standard InChI is InChI=1S/C22H20N2O5/c1-3-28-22(26)16-10-8-15(9-11-16)19-13-12-17(29-19)14-23-24-21(25)18-6-4-5-7-20(18)27-2/h4-14H,3H2,1-2H3,(H,24,25). The van der Waals surface area contributed by atoms with Crippen molar-refractivity contribution in [2.75, 3.05) is 13.7 Å². The van der Waals surface area contributed by atoms with Crippen molar-refractivity contribution in [3.63, 3.8) is 0 Å². The summed E-state index contributed by atoms with van der Waals surface area (Å²) in [7, 11) is 1.50. The molecule has 0 bridgehead atoms. The Morgan fingerprint density at radius 2 is 1.83 bits per heavy atom.